The van der Waals surface area contributed by atoms with Gasteiger partial charge in [0.1, 0.15) is 10.7 Å². The highest BCUT2D eigenvalue weighted by molar-refractivity contribution is 7.89. The zero-order chi connectivity index (χ0) is 25.4. The van der Waals surface area contributed by atoms with Crippen molar-refractivity contribution < 1.29 is 31.8 Å². The van der Waals surface area contributed by atoms with Crippen LogP contribution in [-0.4, -0.2) is 57.2 Å². The van der Waals surface area contributed by atoms with Gasteiger partial charge in [-0.25, -0.2) is 17.2 Å². The molecule has 0 aromatic heterocycles. The molecule has 10 heteroatoms. The van der Waals surface area contributed by atoms with Crippen molar-refractivity contribution in [1.29, 1.82) is 0 Å². The lowest BCUT2D eigenvalue weighted by Crippen LogP contribution is -2.40. The minimum absolute atomic E-state index is 0.0357. The minimum Gasteiger partial charge on any atom is -0.451 e. The maximum atomic E-state index is 14.6. The van der Waals surface area contributed by atoms with E-state index in [2.05, 4.69) is 13.8 Å². The molecule has 1 aliphatic heterocycles. The molecule has 194 valence electrons. The highest BCUT2D eigenvalue weighted by atomic mass is 32.2. The normalized spacial score (nSPS) is 14.8. The van der Waals surface area contributed by atoms with E-state index in [9.17, 15) is 22.3 Å². The summed E-state index contributed by atoms with van der Waals surface area (Å²) in [5.74, 6) is -2.02. The molecule has 2 aromatic rings. The van der Waals surface area contributed by atoms with Crippen LogP contribution in [0.2, 0.25) is 0 Å². The highest BCUT2D eigenvalue weighted by Gasteiger charge is 2.33. The molecule has 0 bridgehead atoms. The molecule has 1 saturated heterocycles. The summed E-state index contributed by atoms with van der Waals surface area (Å²) in [6, 6.07) is 5.94. The number of morpholine rings is 1. The number of rotatable bonds is 12. The average Bonchev–Trinajstić information content (AvgIpc) is 2.86. The summed E-state index contributed by atoms with van der Waals surface area (Å²) in [5.41, 5.74) is 0.853. The minimum atomic E-state index is -4.07. The number of aliphatic hydroxyl groups is 1. The Bertz CT molecular complexity index is 1080. The van der Waals surface area contributed by atoms with Crippen LogP contribution in [0.1, 0.15) is 45.1 Å². The number of aliphatic hydroxyl groups excluding tert-OH is 1. The molecule has 0 aliphatic carbocycles. The van der Waals surface area contributed by atoms with Gasteiger partial charge in [-0.1, -0.05) is 26.7 Å². The van der Waals surface area contributed by atoms with E-state index in [-0.39, 0.29) is 49.3 Å². The first-order chi connectivity index (χ1) is 16.8. The van der Waals surface area contributed by atoms with Gasteiger partial charge in [0, 0.05) is 32.2 Å². The fourth-order valence-electron chi connectivity index (χ4n) is 3.91. The van der Waals surface area contributed by atoms with Crippen LogP contribution in [0.4, 0.5) is 14.5 Å². The van der Waals surface area contributed by atoms with Crippen LogP contribution in [0.25, 0.3) is 0 Å². The van der Waals surface area contributed by atoms with E-state index in [1.165, 1.54) is 10.4 Å². The number of benzene rings is 2. The zero-order valence-corrected chi connectivity index (χ0v) is 21.1. The molecule has 1 N–H and O–H groups in total. The number of unbranched alkanes of at least 4 members (excludes halogenated alkanes) is 2. The number of ether oxygens (including phenoxy) is 2. The lowest BCUT2D eigenvalue weighted by atomic mass is 10.1. The fraction of sp³-hybridized carbons (Fsp3) is 0.520. The Labute approximate surface area is 206 Å². The topological polar surface area (TPSA) is 79.3 Å². The Kier molecular flexibility index (Phi) is 9.85. The van der Waals surface area contributed by atoms with Gasteiger partial charge in [-0.3, -0.25) is 0 Å². The first kappa shape index (κ1) is 27.3. The molecule has 35 heavy (non-hydrogen) atoms. The summed E-state index contributed by atoms with van der Waals surface area (Å²) >= 11 is 0. The van der Waals surface area contributed by atoms with Gasteiger partial charge in [0.05, 0.1) is 25.5 Å². The van der Waals surface area contributed by atoms with Crippen LogP contribution < -0.4 is 9.64 Å². The molecular weight excluding hydrogens is 478 g/mol. The van der Waals surface area contributed by atoms with Crippen LogP contribution in [-0.2, 0) is 21.4 Å². The summed E-state index contributed by atoms with van der Waals surface area (Å²) in [6.07, 6.45) is 3.54. The van der Waals surface area contributed by atoms with E-state index in [4.69, 9.17) is 9.47 Å². The third-order valence-corrected chi connectivity index (χ3v) is 7.78. The first-order valence-electron chi connectivity index (χ1n) is 12.0. The van der Waals surface area contributed by atoms with Crippen molar-refractivity contribution in [2.45, 2.75) is 51.0 Å². The monoisotopic (exact) mass is 512 g/mol. The summed E-state index contributed by atoms with van der Waals surface area (Å²) in [4.78, 5) is 1.85. The predicted octanol–water partition coefficient (Wildman–Crippen LogP) is 4.68. The second-order valence-corrected chi connectivity index (χ2v) is 10.4. The van der Waals surface area contributed by atoms with Crippen LogP contribution in [0.15, 0.2) is 35.2 Å². The van der Waals surface area contributed by atoms with Crippen molar-refractivity contribution in [3.8, 4) is 11.5 Å². The molecule has 0 radical (unpaired) electrons. The number of hydrogen-bond acceptors (Lipinski definition) is 6. The van der Waals surface area contributed by atoms with Gasteiger partial charge >= 0.3 is 0 Å². The molecule has 2 aromatic carbocycles. The maximum absolute atomic E-state index is 14.6. The smallest absolute Gasteiger partial charge is 0.247 e. The Balaban J connectivity index is 2.22. The third kappa shape index (κ3) is 6.69. The molecule has 1 fully saturated rings. The molecule has 0 amide bonds. The summed E-state index contributed by atoms with van der Waals surface area (Å²) in [7, 11) is -4.07. The number of hydrogen-bond donors (Lipinski definition) is 1. The van der Waals surface area contributed by atoms with Crippen LogP contribution in [0.3, 0.4) is 0 Å². The van der Waals surface area contributed by atoms with E-state index < -0.39 is 21.7 Å². The molecule has 7 nitrogen and oxygen atoms in total. The van der Waals surface area contributed by atoms with Gasteiger partial charge in [0.25, 0.3) is 0 Å². The van der Waals surface area contributed by atoms with Crippen molar-refractivity contribution in [2.24, 2.45) is 0 Å². The molecule has 3 rings (SSSR count). The summed E-state index contributed by atoms with van der Waals surface area (Å²) in [5, 5.41) is 9.96. The predicted molar refractivity (Wildman–Crippen MR) is 130 cm³/mol. The Morgan fingerprint density at radius 3 is 2.29 bits per heavy atom. The average molecular weight is 513 g/mol. The van der Waals surface area contributed by atoms with E-state index >= 15 is 0 Å². The number of halogens is 2. The van der Waals surface area contributed by atoms with E-state index in [1.807, 2.05) is 4.90 Å². The molecule has 0 saturated carbocycles. The standard InChI is InChI=1S/C25H34F2N2O5S/c1-3-5-9-28(10-6-4-2)22-15-19(18-30)16-24(35(31,32)29-11-13-33-14-12-29)25(22)34-23-8-7-20(26)17-21(23)27/h7-8,15-17,30H,3-6,9-14,18H2,1-2H3. The van der Waals surface area contributed by atoms with Crippen LogP contribution in [0.5, 0.6) is 11.5 Å². The Hall–Kier alpha value is -2.27. The Morgan fingerprint density at radius 1 is 1.06 bits per heavy atom. The lowest BCUT2D eigenvalue weighted by Gasteiger charge is -2.31. The highest BCUT2D eigenvalue weighted by Crippen LogP contribution is 2.42. The maximum Gasteiger partial charge on any atom is 0.247 e. The number of nitrogens with zero attached hydrogens (tertiary/aromatic N) is 2. The van der Waals surface area contributed by atoms with Gasteiger partial charge in [0.15, 0.2) is 17.3 Å². The molecule has 1 heterocycles. The quantitative estimate of drug-likeness (QED) is 0.445. The first-order valence-corrected chi connectivity index (χ1v) is 13.5. The molecular formula is C25H34F2N2O5S. The van der Waals surface area contributed by atoms with E-state index in [0.29, 0.717) is 30.4 Å². The van der Waals surface area contributed by atoms with Crippen LogP contribution in [0, 0.1) is 11.6 Å². The second kappa shape index (κ2) is 12.6. The second-order valence-electron chi connectivity index (χ2n) is 8.49. The number of anilines is 1. The Morgan fingerprint density at radius 2 is 1.71 bits per heavy atom. The van der Waals surface area contributed by atoms with Crippen LogP contribution >= 0.6 is 0 Å². The van der Waals surface area contributed by atoms with Gasteiger partial charge in [-0.2, -0.15) is 4.31 Å². The molecule has 0 spiro atoms. The van der Waals surface area contributed by atoms with Gasteiger partial charge < -0.3 is 19.5 Å². The molecule has 0 unspecified atom stereocenters. The fourth-order valence-corrected chi connectivity index (χ4v) is 5.50. The van der Waals surface area contributed by atoms with Crippen molar-refractivity contribution in [1.82, 2.24) is 4.31 Å². The molecule has 0 atom stereocenters. The SMILES string of the molecule is CCCCN(CCCC)c1cc(CO)cc(S(=O)(=O)N2CCOCC2)c1Oc1ccc(F)cc1F. The largest absolute Gasteiger partial charge is 0.451 e. The van der Waals surface area contributed by atoms with Crippen molar-refractivity contribution in [3.63, 3.8) is 0 Å². The number of sulfonamides is 1. The van der Waals surface area contributed by atoms with Crippen molar-refractivity contribution in [2.75, 3.05) is 44.3 Å². The van der Waals surface area contributed by atoms with Crippen molar-refractivity contribution in [3.05, 3.63) is 47.5 Å². The zero-order valence-electron chi connectivity index (χ0n) is 20.3. The van der Waals surface area contributed by atoms with Gasteiger partial charge in [-0.05, 0) is 42.7 Å². The lowest BCUT2D eigenvalue weighted by molar-refractivity contribution is 0.0730. The van der Waals surface area contributed by atoms with E-state index in [0.717, 1.165) is 37.8 Å². The van der Waals surface area contributed by atoms with Gasteiger partial charge in [0.2, 0.25) is 10.0 Å². The summed E-state index contributed by atoms with van der Waals surface area (Å²) < 4.78 is 68.2. The molecule has 1 aliphatic rings. The third-order valence-electron chi connectivity index (χ3n) is 5.88. The van der Waals surface area contributed by atoms with Crippen molar-refractivity contribution >= 4 is 15.7 Å². The van der Waals surface area contributed by atoms with Gasteiger partial charge in [-0.15, -0.1) is 0 Å². The summed E-state index contributed by atoms with van der Waals surface area (Å²) in [6.45, 7) is 5.85. The van der Waals surface area contributed by atoms with E-state index in [1.54, 1.807) is 6.07 Å².